The molecule has 1 aromatic heterocycles. The van der Waals surface area contributed by atoms with Crippen molar-refractivity contribution in [2.45, 2.75) is 26.2 Å². The summed E-state index contributed by atoms with van der Waals surface area (Å²) in [5.41, 5.74) is 3.66. The van der Waals surface area contributed by atoms with Crippen LogP contribution in [0, 0.1) is 5.92 Å². The molecule has 0 aliphatic heterocycles. The summed E-state index contributed by atoms with van der Waals surface area (Å²) in [5.74, 6) is 7.89. The monoisotopic (exact) mass is 265 g/mol. The maximum absolute atomic E-state index is 5.65. The predicted molar refractivity (Wildman–Crippen MR) is 76.0 cm³/mol. The van der Waals surface area contributed by atoms with Crippen LogP contribution >= 0.6 is 0 Å². The highest BCUT2D eigenvalue weighted by atomic mass is 16.5. The lowest BCUT2D eigenvalue weighted by Gasteiger charge is -2.21. The highest BCUT2D eigenvalue weighted by Crippen LogP contribution is 2.28. The van der Waals surface area contributed by atoms with Gasteiger partial charge in [0.05, 0.1) is 6.61 Å². The van der Waals surface area contributed by atoms with Crippen molar-refractivity contribution in [2.75, 3.05) is 37.1 Å². The van der Waals surface area contributed by atoms with Gasteiger partial charge in [-0.05, 0) is 25.2 Å². The van der Waals surface area contributed by atoms with E-state index in [-0.39, 0.29) is 0 Å². The maximum Gasteiger partial charge on any atom is 0.148 e. The van der Waals surface area contributed by atoms with Crippen LogP contribution in [0.3, 0.4) is 0 Å². The van der Waals surface area contributed by atoms with Gasteiger partial charge in [0.25, 0.3) is 0 Å². The molecular formula is C13H23N5O. The molecule has 1 fully saturated rings. The van der Waals surface area contributed by atoms with Gasteiger partial charge in [-0.25, -0.2) is 15.8 Å². The third-order valence-electron chi connectivity index (χ3n) is 3.40. The van der Waals surface area contributed by atoms with Crippen molar-refractivity contribution in [1.82, 2.24) is 9.97 Å². The van der Waals surface area contributed by atoms with Crippen LogP contribution in [0.4, 0.5) is 11.6 Å². The van der Waals surface area contributed by atoms with Crippen LogP contribution in [-0.2, 0) is 11.2 Å². The second kappa shape index (κ2) is 6.68. The first-order valence-electron chi connectivity index (χ1n) is 6.85. The average molecular weight is 265 g/mol. The molecule has 3 N–H and O–H groups in total. The van der Waals surface area contributed by atoms with Gasteiger partial charge in [0.2, 0.25) is 0 Å². The molecular weight excluding hydrogens is 242 g/mol. The van der Waals surface area contributed by atoms with Gasteiger partial charge in [-0.15, -0.1) is 0 Å². The van der Waals surface area contributed by atoms with Crippen LogP contribution in [0.1, 0.15) is 25.3 Å². The van der Waals surface area contributed by atoms with Gasteiger partial charge in [-0.1, -0.05) is 6.92 Å². The summed E-state index contributed by atoms with van der Waals surface area (Å²) in [4.78, 5) is 10.6. The van der Waals surface area contributed by atoms with Crippen molar-refractivity contribution in [3.8, 4) is 0 Å². The molecule has 106 valence electrons. The lowest BCUT2D eigenvalue weighted by Crippen LogP contribution is -2.26. The average Bonchev–Trinajstić information content (AvgIpc) is 3.26. The third-order valence-corrected chi connectivity index (χ3v) is 3.40. The van der Waals surface area contributed by atoms with Crippen LogP contribution in [-0.4, -0.2) is 36.8 Å². The Labute approximate surface area is 114 Å². The van der Waals surface area contributed by atoms with E-state index in [2.05, 4.69) is 27.2 Å². The Morgan fingerprint density at radius 3 is 2.89 bits per heavy atom. The Morgan fingerprint density at radius 1 is 1.47 bits per heavy atom. The summed E-state index contributed by atoms with van der Waals surface area (Å²) in [6.45, 7) is 4.51. The van der Waals surface area contributed by atoms with Gasteiger partial charge in [-0.3, -0.25) is 0 Å². The molecule has 2 rings (SSSR count). The summed E-state index contributed by atoms with van der Waals surface area (Å²) >= 11 is 0. The molecule has 6 heteroatoms. The molecule has 1 heterocycles. The van der Waals surface area contributed by atoms with Crippen molar-refractivity contribution in [3.05, 3.63) is 11.9 Å². The molecule has 0 saturated heterocycles. The summed E-state index contributed by atoms with van der Waals surface area (Å²) in [6, 6.07) is 0. The number of rotatable bonds is 8. The van der Waals surface area contributed by atoms with Gasteiger partial charge in [-0.2, -0.15) is 0 Å². The van der Waals surface area contributed by atoms with Crippen molar-refractivity contribution >= 4 is 11.6 Å². The van der Waals surface area contributed by atoms with E-state index < -0.39 is 0 Å². The first-order chi connectivity index (χ1) is 9.26. The summed E-state index contributed by atoms with van der Waals surface area (Å²) in [7, 11) is 2.02. The molecule has 0 radical (unpaired) electrons. The summed E-state index contributed by atoms with van der Waals surface area (Å²) in [5, 5.41) is 0. The van der Waals surface area contributed by atoms with E-state index in [1.54, 1.807) is 0 Å². The fourth-order valence-electron chi connectivity index (χ4n) is 2.02. The lowest BCUT2D eigenvalue weighted by atomic mass is 10.2. The number of likely N-dealkylation sites (N-methyl/N-ethyl adjacent to an activating group) is 1. The molecule has 0 aromatic carbocycles. The van der Waals surface area contributed by atoms with Crippen LogP contribution in [0.25, 0.3) is 0 Å². The first-order valence-corrected chi connectivity index (χ1v) is 6.85. The number of hydrazine groups is 1. The molecule has 0 spiro atoms. The van der Waals surface area contributed by atoms with E-state index in [0.29, 0.717) is 5.82 Å². The zero-order valence-electron chi connectivity index (χ0n) is 11.7. The van der Waals surface area contributed by atoms with Crippen molar-refractivity contribution in [1.29, 1.82) is 0 Å². The Kier molecular flexibility index (Phi) is 4.93. The van der Waals surface area contributed by atoms with E-state index in [1.807, 2.05) is 7.05 Å². The molecule has 1 aliphatic carbocycles. The number of aromatic nitrogens is 2. The zero-order chi connectivity index (χ0) is 13.7. The molecule has 1 aromatic rings. The molecule has 0 bridgehead atoms. The second-order valence-corrected chi connectivity index (χ2v) is 4.96. The third kappa shape index (κ3) is 3.78. The summed E-state index contributed by atoms with van der Waals surface area (Å²) < 4.78 is 5.65. The van der Waals surface area contributed by atoms with E-state index in [1.165, 1.54) is 19.2 Å². The molecule has 0 unspecified atom stereocenters. The minimum Gasteiger partial charge on any atom is -0.379 e. The molecule has 0 atom stereocenters. The smallest absolute Gasteiger partial charge is 0.148 e. The van der Waals surface area contributed by atoms with Crippen molar-refractivity contribution < 1.29 is 4.74 Å². The molecule has 1 aliphatic rings. The van der Waals surface area contributed by atoms with Crippen molar-refractivity contribution in [3.63, 3.8) is 0 Å². The van der Waals surface area contributed by atoms with Crippen LogP contribution in [0.2, 0.25) is 0 Å². The van der Waals surface area contributed by atoms with E-state index in [4.69, 9.17) is 10.6 Å². The number of nitrogen functional groups attached to an aromatic ring is 1. The summed E-state index contributed by atoms with van der Waals surface area (Å²) in [6.07, 6.45) is 5.02. The number of hydrogen-bond acceptors (Lipinski definition) is 6. The lowest BCUT2D eigenvalue weighted by molar-refractivity contribution is 0.130. The molecule has 19 heavy (non-hydrogen) atoms. The largest absolute Gasteiger partial charge is 0.379 e. The van der Waals surface area contributed by atoms with E-state index >= 15 is 0 Å². The van der Waals surface area contributed by atoms with Crippen LogP contribution in [0.5, 0.6) is 0 Å². The quantitative estimate of drug-likeness (QED) is 0.418. The Morgan fingerprint density at radius 2 is 2.26 bits per heavy atom. The molecule has 0 amide bonds. The number of nitrogens with one attached hydrogen (secondary N) is 1. The predicted octanol–water partition coefficient (Wildman–Crippen LogP) is 1.19. The van der Waals surface area contributed by atoms with Crippen LogP contribution < -0.4 is 16.2 Å². The van der Waals surface area contributed by atoms with Crippen LogP contribution in [0.15, 0.2) is 6.33 Å². The van der Waals surface area contributed by atoms with Gasteiger partial charge < -0.3 is 15.1 Å². The van der Waals surface area contributed by atoms with Gasteiger partial charge in [0, 0.05) is 25.8 Å². The highest BCUT2D eigenvalue weighted by Gasteiger charge is 2.21. The van der Waals surface area contributed by atoms with Gasteiger partial charge in [0.1, 0.15) is 18.0 Å². The Hall–Kier alpha value is -1.40. The van der Waals surface area contributed by atoms with E-state index in [9.17, 15) is 0 Å². The maximum atomic E-state index is 5.65. The molecule has 1 saturated carbocycles. The second-order valence-electron chi connectivity index (χ2n) is 4.96. The van der Waals surface area contributed by atoms with Gasteiger partial charge >= 0.3 is 0 Å². The fourth-order valence-corrected chi connectivity index (χ4v) is 2.02. The fraction of sp³-hybridized carbons (Fsp3) is 0.692. The number of ether oxygens (including phenoxy) is 1. The standard InChI is InChI=1S/C13H23N5O/c1-3-11-12(17-14)15-9-16-13(11)18(2)6-7-19-8-10-4-5-10/h9-10H,3-8,14H2,1-2H3,(H,15,16,17). The number of nitrogens with two attached hydrogens (primary N) is 1. The Bertz CT molecular complexity index is 408. The minimum atomic E-state index is 0.693. The highest BCUT2D eigenvalue weighted by molar-refractivity contribution is 5.57. The Balaban J connectivity index is 1.90. The minimum absolute atomic E-state index is 0.693. The van der Waals surface area contributed by atoms with Crippen molar-refractivity contribution in [2.24, 2.45) is 11.8 Å². The first kappa shape index (κ1) is 14.0. The number of nitrogens with zero attached hydrogens (tertiary/aromatic N) is 3. The normalized spacial score (nSPS) is 14.5. The number of anilines is 2. The van der Waals surface area contributed by atoms with Gasteiger partial charge in [0.15, 0.2) is 0 Å². The topological polar surface area (TPSA) is 76.3 Å². The SMILES string of the molecule is CCc1c(NN)ncnc1N(C)CCOCC1CC1. The molecule has 6 nitrogen and oxygen atoms in total. The number of hydrogen-bond donors (Lipinski definition) is 2. The van der Waals surface area contributed by atoms with E-state index in [0.717, 1.165) is 43.5 Å². The zero-order valence-corrected chi connectivity index (χ0v) is 11.7.